The van der Waals surface area contributed by atoms with Crippen LogP contribution in [0.3, 0.4) is 0 Å². The van der Waals surface area contributed by atoms with Crippen molar-refractivity contribution < 1.29 is 23.4 Å². The van der Waals surface area contributed by atoms with E-state index in [-0.39, 0.29) is 23.5 Å². The monoisotopic (exact) mass is 507 g/mol. The number of carbonyl (C=O) groups excluding carboxylic acids is 1. The molecule has 4 aromatic carbocycles. The predicted octanol–water partition coefficient (Wildman–Crippen LogP) is 6.59. The van der Waals surface area contributed by atoms with Gasteiger partial charge in [-0.2, -0.15) is 0 Å². The molecule has 38 heavy (non-hydrogen) atoms. The number of hydrogen-bond acceptors (Lipinski definition) is 6. The first-order valence-electron chi connectivity index (χ1n) is 12.0. The number of carbonyl (C=O) groups is 1. The Bertz CT molecular complexity index is 1620. The molecule has 1 aromatic heterocycles. The highest BCUT2D eigenvalue weighted by Gasteiger charge is 2.19. The van der Waals surface area contributed by atoms with Crippen LogP contribution in [0.4, 0.5) is 5.69 Å². The van der Waals surface area contributed by atoms with E-state index in [2.05, 4.69) is 5.32 Å². The van der Waals surface area contributed by atoms with Gasteiger partial charge in [-0.3, -0.25) is 9.59 Å². The van der Waals surface area contributed by atoms with Crippen LogP contribution in [0.15, 0.2) is 106 Å². The number of para-hydroxylation sites is 1. The number of methoxy groups -OCH3 is 1. The second-order valence-corrected chi connectivity index (χ2v) is 8.59. The van der Waals surface area contributed by atoms with Crippen molar-refractivity contribution in [2.45, 2.75) is 6.92 Å². The zero-order valence-corrected chi connectivity index (χ0v) is 20.9. The molecule has 7 heteroatoms. The lowest BCUT2D eigenvalue weighted by molar-refractivity contribution is -0.118. The Morgan fingerprint density at radius 3 is 2.24 bits per heavy atom. The molecule has 5 aromatic rings. The van der Waals surface area contributed by atoms with Crippen LogP contribution >= 0.6 is 0 Å². The van der Waals surface area contributed by atoms with Crippen LogP contribution < -0.4 is 25.0 Å². The van der Waals surface area contributed by atoms with Crippen molar-refractivity contribution in [1.82, 2.24) is 0 Å². The summed E-state index contributed by atoms with van der Waals surface area (Å²) in [5, 5.41) is 3.15. The Labute approximate surface area is 219 Å². The highest BCUT2D eigenvalue weighted by Crippen LogP contribution is 2.32. The van der Waals surface area contributed by atoms with Crippen molar-refractivity contribution in [1.29, 1.82) is 0 Å². The second-order valence-electron chi connectivity index (χ2n) is 8.59. The van der Waals surface area contributed by atoms with Crippen molar-refractivity contribution in [3.63, 3.8) is 0 Å². The van der Waals surface area contributed by atoms with E-state index in [1.807, 2.05) is 43.3 Å². The van der Waals surface area contributed by atoms with Gasteiger partial charge in [-0.25, -0.2) is 0 Å². The van der Waals surface area contributed by atoms with Crippen LogP contribution in [0.1, 0.15) is 5.56 Å². The maximum absolute atomic E-state index is 13.4. The third kappa shape index (κ3) is 5.52. The van der Waals surface area contributed by atoms with Crippen LogP contribution in [-0.4, -0.2) is 19.6 Å². The van der Waals surface area contributed by atoms with E-state index in [1.165, 1.54) is 0 Å². The molecule has 1 amide bonds. The van der Waals surface area contributed by atoms with Crippen LogP contribution in [0.25, 0.3) is 22.3 Å². The average Bonchev–Trinajstić information content (AvgIpc) is 2.94. The first-order chi connectivity index (χ1) is 18.5. The van der Waals surface area contributed by atoms with E-state index in [0.29, 0.717) is 33.7 Å². The summed E-state index contributed by atoms with van der Waals surface area (Å²) in [6.45, 7) is 1.54. The Kier molecular flexibility index (Phi) is 7.08. The van der Waals surface area contributed by atoms with E-state index in [1.54, 1.807) is 67.8 Å². The zero-order valence-electron chi connectivity index (χ0n) is 20.9. The minimum Gasteiger partial charge on any atom is -0.497 e. The molecule has 0 unspecified atom stereocenters. The van der Waals surface area contributed by atoms with Gasteiger partial charge in [-0.15, -0.1) is 0 Å². The van der Waals surface area contributed by atoms with Gasteiger partial charge in [-0.1, -0.05) is 24.3 Å². The Morgan fingerprint density at radius 2 is 1.53 bits per heavy atom. The summed E-state index contributed by atoms with van der Waals surface area (Å²) in [4.78, 5) is 26.1. The lowest BCUT2D eigenvalue weighted by atomic mass is 10.1. The van der Waals surface area contributed by atoms with E-state index in [0.717, 1.165) is 11.3 Å². The van der Waals surface area contributed by atoms with E-state index >= 15 is 0 Å². The van der Waals surface area contributed by atoms with Gasteiger partial charge >= 0.3 is 0 Å². The minimum absolute atomic E-state index is 0.0340. The molecule has 0 saturated carbocycles. The summed E-state index contributed by atoms with van der Waals surface area (Å²) in [6.07, 6.45) is 0. The molecular formula is C31H25NO6. The molecule has 0 spiro atoms. The molecule has 0 fully saturated rings. The molecular weight excluding hydrogens is 482 g/mol. The maximum Gasteiger partial charge on any atom is 0.262 e. The lowest BCUT2D eigenvalue weighted by Gasteiger charge is -2.13. The van der Waals surface area contributed by atoms with E-state index in [9.17, 15) is 9.59 Å². The minimum atomic E-state index is -0.425. The van der Waals surface area contributed by atoms with Crippen molar-refractivity contribution in [3.8, 4) is 34.3 Å². The molecule has 0 radical (unpaired) electrons. The summed E-state index contributed by atoms with van der Waals surface area (Å²) in [5.41, 5.74) is 2.23. The summed E-state index contributed by atoms with van der Waals surface area (Å²) in [7, 11) is 1.57. The molecule has 0 aliphatic rings. The molecule has 7 nitrogen and oxygen atoms in total. The maximum atomic E-state index is 13.4. The van der Waals surface area contributed by atoms with Crippen LogP contribution in [-0.2, 0) is 4.79 Å². The molecule has 190 valence electrons. The molecule has 0 saturated heterocycles. The van der Waals surface area contributed by atoms with Crippen LogP contribution in [0, 0.1) is 6.92 Å². The highest BCUT2D eigenvalue weighted by atomic mass is 16.5. The molecule has 1 heterocycles. The fourth-order valence-electron chi connectivity index (χ4n) is 3.91. The number of benzene rings is 4. The molecule has 0 aliphatic heterocycles. The fraction of sp³-hybridized carbons (Fsp3) is 0.0968. The Morgan fingerprint density at radius 1 is 0.842 bits per heavy atom. The van der Waals surface area contributed by atoms with Gasteiger partial charge in [0, 0.05) is 11.3 Å². The standard InChI is InChI=1S/C31H25NO6/c1-20-8-17-26-27(18-20)38-30(21-9-13-23(35-2)14-10-21)31(29(26)34)36-19-28(33)32-22-11-15-25(16-12-22)37-24-6-4-3-5-7-24/h3-18H,19H2,1-2H3,(H,32,33). The SMILES string of the molecule is COc1ccc(-c2oc3cc(C)ccc3c(=O)c2OCC(=O)Nc2ccc(Oc3ccccc3)cc2)cc1. The Balaban J connectivity index is 1.34. The van der Waals surface area contributed by atoms with E-state index in [4.69, 9.17) is 18.6 Å². The number of ether oxygens (including phenoxy) is 3. The molecule has 0 bridgehead atoms. The fourth-order valence-corrected chi connectivity index (χ4v) is 3.91. The smallest absolute Gasteiger partial charge is 0.262 e. The highest BCUT2D eigenvalue weighted by molar-refractivity contribution is 5.92. The van der Waals surface area contributed by atoms with Gasteiger partial charge in [0.2, 0.25) is 11.2 Å². The molecule has 5 rings (SSSR count). The first kappa shape index (κ1) is 24.6. The van der Waals surface area contributed by atoms with Crippen molar-refractivity contribution >= 4 is 22.6 Å². The van der Waals surface area contributed by atoms with Crippen LogP contribution in [0.2, 0.25) is 0 Å². The number of anilines is 1. The van der Waals surface area contributed by atoms with Gasteiger partial charge in [-0.05, 0) is 85.3 Å². The van der Waals surface area contributed by atoms with Crippen molar-refractivity contribution in [2.75, 3.05) is 19.0 Å². The first-order valence-corrected chi connectivity index (χ1v) is 12.0. The van der Waals surface area contributed by atoms with Gasteiger partial charge < -0.3 is 23.9 Å². The van der Waals surface area contributed by atoms with Gasteiger partial charge in [0.15, 0.2) is 12.4 Å². The number of aryl methyl sites for hydroxylation is 1. The molecule has 0 atom stereocenters. The predicted molar refractivity (Wildman–Crippen MR) is 146 cm³/mol. The van der Waals surface area contributed by atoms with Crippen molar-refractivity contribution in [3.05, 3.63) is 113 Å². The lowest BCUT2D eigenvalue weighted by Crippen LogP contribution is -2.22. The van der Waals surface area contributed by atoms with Gasteiger partial charge in [0.1, 0.15) is 22.8 Å². The Hall–Kier alpha value is -5.04. The normalized spacial score (nSPS) is 10.7. The largest absolute Gasteiger partial charge is 0.497 e. The molecule has 0 aliphatic carbocycles. The van der Waals surface area contributed by atoms with Crippen LogP contribution in [0.5, 0.6) is 23.0 Å². The number of rotatable bonds is 8. The quantitative estimate of drug-likeness (QED) is 0.255. The van der Waals surface area contributed by atoms with Crippen molar-refractivity contribution in [2.24, 2.45) is 0 Å². The summed E-state index contributed by atoms with van der Waals surface area (Å²) in [6, 6.07) is 28.8. The average molecular weight is 508 g/mol. The third-order valence-electron chi connectivity index (χ3n) is 5.82. The summed E-state index contributed by atoms with van der Waals surface area (Å²) >= 11 is 0. The molecule has 1 N–H and O–H groups in total. The number of hydrogen-bond donors (Lipinski definition) is 1. The van der Waals surface area contributed by atoms with E-state index < -0.39 is 5.91 Å². The third-order valence-corrected chi connectivity index (χ3v) is 5.82. The number of amides is 1. The zero-order chi connectivity index (χ0) is 26.5. The number of nitrogens with one attached hydrogen (secondary N) is 1. The number of fused-ring (bicyclic) bond motifs is 1. The summed E-state index contributed by atoms with van der Waals surface area (Å²) in [5.74, 6) is 1.80. The van der Waals surface area contributed by atoms with Gasteiger partial charge in [0.25, 0.3) is 5.91 Å². The second kappa shape index (κ2) is 10.9. The topological polar surface area (TPSA) is 87.0 Å². The summed E-state index contributed by atoms with van der Waals surface area (Å²) < 4.78 is 22.9. The van der Waals surface area contributed by atoms with Gasteiger partial charge in [0.05, 0.1) is 12.5 Å².